The molecule has 4 N–H and O–H groups in total. The lowest BCUT2D eigenvalue weighted by molar-refractivity contribution is -0.125. The van der Waals surface area contributed by atoms with E-state index in [2.05, 4.69) is 19.2 Å². The monoisotopic (exact) mass is 612 g/mol. The SMILES string of the molecule is CCCCCCCCCCCCCCCCCCCCCC(O)C(CO)NC(=O)CC(O)CCCCCCCCCCC. The smallest absolute Gasteiger partial charge is 0.222 e. The average molecular weight is 612 g/mol. The van der Waals surface area contributed by atoms with Gasteiger partial charge in [-0.05, 0) is 12.8 Å². The number of carbonyl (C=O) groups is 1. The van der Waals surface area contributed by atoms with E-state index in [-0.39, 0.29) is 18.9 Å². The number of carbonyl (C=O) groups excluding carboxylic acids is 1. The fraction of sp³-hybridized carbons (Fsp3) is 0.974. The van der Waals surface area contributed by atoms with E-state index in [1.54, 1.807) is 0 Å². The van der Waals surface area contributed by atoms with Crippen molar-refractivity contribution in [2.45, 2.75) is 231 Å². The van der Waals surface area contributed by atoms with E-state index >= 15 is 0 Å². The van der Waals surface area contributed by atoms with Crippen LogP contribution in [0.15, 0.2) is 0 Å². The lowest BCUT2D eigenvalue weighted by Crippen LogP contribution is -2.46. The zero-order valence-corrected chi connectivity index (χ0v) is 29.1. The first kappa shape index (κ1) is 42.3. The molecule has 0 saturated carbocycles. The molecule has 0 aliphatic carbocycles. The Hall–Kier alpha value is -0.650. The molecule has 0 radical (unpaired) electrons. The summed E-state index contributed by atoms with van der Waals surface area (Å²) < 4.78 is 0. The third-order valence-corrected chi connectivity index (χ3v) is 9.17. The van der Waals surface area contributed by atoms with Crippen LogP contribution in [-0.4, -0.2) is 46.1 Å². The molecule has 258 valence electrons. The zero-order chi connectivity index (χ0) is 31.6. The number of unbranched alkanes of at least 4 members (excludes halogenated alkanes) is 26. The molecule has 0 aliphatic rings. The Balaban J connectivity index is 3.59. The first-order chi connectivity index (χ1) is 21.0. The molecule has 0 aromatic rings. The fourth-order valence-electron chi connectivity index (χ4n) is 6.17. The summed E-state index contributed by atoms with van der Waals surface area (Å²) in [6, 6.07) is -0.650. The van der Waals surface area contributed by atoms with Crippen LogP contribution in [0, 0.1) is 0 Å². The van der Waals surface area contributed by atoms with Gasteiger partial charge in [0.15, 0.2) is 0 Å². The summed E-state index contributed by atoms with van der Waals surface area (Å²) in [7, 11) is 0. The highest BCUT2D eigenvalue weighted by atomic mass is 16.3. The Morgan fingerprint density at radius 1 is 0.488 bits per heavy atom. The third kappa shape index (κ3) is 31.1. The molecule has 0 fully saturated rings. The van der Waals surface area contributed by atoms with E-state index in [1.807, 2.05) is 0 Å². The molecule has 5 nitrogen and oxygen atoms in total. The number of aliphatic hydroxyl groups excluding tert-OH is 3. The lowest BCUT2D eigenvalue weighted by atomic mass is 10.0. The topological polar surface area (TPSA) is 89.8 Å². The Morgan fingerprint density at radius 3 is 1.12 bits per heavy atom. The molecule has 0 heterocycles. The fourth-order valence-corrected chi connectivity index (χ4v) is 6.17. The molecule has 0 bridgehead atoms. The van der Waals surface area contributed by atoms with Crippen molar-refractivity contribution in [1.82, 2.24) is 5.32 Å². The number of amides is 1. The van der Waals surface area contributed by atoms with Crippen molar-refractivity contribution in [3.63, 3.8) is 0 Å². The van der Waals surface area contributed by atoms with Crippen LogP contribution in [0.5, 0.6) is 0 Å². The summed E-state index contributed by atoms with van der Waals surface area (Å²) in [6.07, 6.45) is 36.3. The second-order valence-corrected chi connectivity index (χ2v) is 13.6. The molecular formula is C38H77NO4. The van der Waals surface area contributed by atoms with Crippen molar-refractivity contribution in [3.8, 4) is 0 Å². The van der Waals surface area contributed by atoms with Gasteiger partial charge in [-0.3, -0.25) is 4.79 Å². The summed E-state index contributed by atoms with van der Waals surface area (Å²) in [5, 5.41) is 33.2. The van der Waals surface area contributed by atoms with Crippen molar-refractivity contribution < 1.29 is 20.1 Å². The Morgan fingerprint density at radius 2 is 0.791 bits per heavy atom. The number of hydrogen-bond donors (Lipinski definition) is 4. The van der Waals surface area contributed by atoms with Crippen LogP contribution in [0.4, 0.5) is 0 Å². The van der Waals surface area contributed by atoms with Gasteiger partial charge in [0.2, 0.25) is 5.91 Å². The average Bonchev–Trinajstić information content (AvgIpc) is 3.00. The van der Waals surface area contributed by atoms with Crippen LogP contribution in [0.3, 0.4) is 0 Å². The van der Waals surface area contributed by atoms with Gasteiger partial charge in [0.05, 0.1) is 31.3 Å². The standard InChI is InChI=1S/C38H77NO4/c1-3-5-7-9-11-13-14-15-16-17-18-19-20-21-22-24-26-28-30-32-37(42)36(34-40)39-38(43)33-35(41)31-29-27-25-23-12-10-8-6-4-2/h35-37,40-42H,3-34H2,1-2H3,(H,39,43). The molecule has 0 aliphatic heterocycles. The molecule has 43 heavy (non-hydrogen) atoms. The van der Waals surface area contributed by atoms with Crippen LogP contribution in [-0.2, 0) is 4.79 Å². The maximum atomic E-state index is 12.3. The predicted octanol–water partition coefficient (Wildman–Crippen LogP) is 10.3. The number of hydrogen-bond acceptors (Lipinski definition) is 4. The molecular weight excluding hydrogens is 534 g/mol. The normalized spacial score (nSPS) is 13.7. The summed E-state index contributed by atoms with van der Waals surface area (Å²) in [5.41, 5.74) is 0. The summed E-state index contributed by atoms with van der Waals surface area (Å²) in [5.74, 6) is -0.283. The Labute approximate surface area is 268 Å². The minimum Gasteiger partial charge on any atom is -0.394 e. The van der Waals surface area contributed by atoms with Crippen LogP contribution in [0.25, 0.3) is 0 Å². The van der Waals surface area contributed by atoms with Gasteiger partial charge in [-0.25, -0.2) is 0 Å². The second kappa shape index (κ2) is 34.2. The summed E-state index contributed by atoms with van der Waals surface area (Å²) in [4.78, 5) is 12.3. The van der Waals surface area contributed by atoms with Gasteiger partial charge in [0, 0.05) is 0 Å². The van der Waals surface area contributed by atoms with Crippen molar-refractivity contribution in [2.75, 3.05) is 6.61 Å². The van der Waals surface area contributed by atoms with Crippen LogP contribution in [0.1, 0.15) is 213 Å². The Bertz CT molecular complexity index is 558. The van der Waals surface area contributed by atoms with E-state index in [1.165, 1.54) is 154 Å². The first-order valence-corrected chi connectivity index (χ1v) is 19.3. The van der Waals surface area contributed by atoms with Crippen LogP contribution >= 0.6 is 0 Å². The van der Waals surface area contributed by atoms with Crippen molar-refractivity contribution >= 4 is 5.91 Å². The van der Waals surface area contributed by atoms with Gasteiger partial charge in [-0.1, -0.05) is 194 Å². The first-order valence-electron chi connectivity index (χ1n) is 19.3. The van der Waals surface area contributed by atoms with E-state index in [0.717, 1.165) is 25.7 Å². The second-order valence-electron chi connectivity index (χ2n) is 13.6. The molecule has 1 amide bonds. The molecule has 0 rings (SSSR count). The Kier molecular flexibility index (Phi) is 33.7. The maximum absolute atomic E-state index is 12.3. The van der Waals surface area contributed by atoms with Crippen LogP contribution < -0.4 is 5.32 Å². The lowest BCUT2D eigenvalue weighted by Gasteiger charge is -2.23. The number of aliphatic hydroxyl groups is 3. The molecule has 3 unspecified atom stereocenters. The highest BCUT2D eigenvalue weighted by Gasteiger charge is 2.21. The molecule has 0 aromatic carbocycles. The zero-order valence-electron chi connectivity index (χ0n) is 29.1. The largest absolute Gasteiger partial charge is 0.394 e. The summed E-state index contributed by atoms with van der Waals surface area (Å²) >= 11 is 0. The van der Waals surface area contributed by atoms with Gasteiger partial charge in [-0.15, -0.1) is 0 Å². The van der Waals surface area contributed by atoms with Gasteiger partial charge in [-0.2, -0.15) is 0 Å². The predicted molar refractivity (Wildman–Crippen MR) is 186 cm³/mol. The number of rotatable bonds is 35. The van der Waals surface area contributed by atoms with E-state index in [0.29, 0.717) is 12.8 Å². The van der Waals surface area contributed by atoms with Gasteiger partial charge in [0.1, 0.15) is 0 Å². The van der Waals surface area contributed by atoms with E-state index in [4.69, 9.17) is 0 Å². The van der Waals surface area contributed by atoms with Crippen molar-refractivity contribution in [1.29, 1.82) is 0 Å². The number of nitrogens with one attached hydrogen (secondary N) is 1. The van der Waals surface area contributed by atoms with Crippen LogP contribution in [0.2, 0.25) is 0 Å². The van der Waals surface area contributed by atoms with E-state index < -0.39 is 18.2 Å². The van der Waals surface area contributed by atoms with E-state index in [9.17, 15) is 20.1 Å². The summed E-state index contributed by atoms with van der Waals surface area (Å²) in [6.45, 7) is 4.24. The molecule has 3 atom stereocenters. The molecule has 0 saturated heterocycles. The minimum absolute atomic E-state index is 0.0412. The quantitative estimate of drug-likeness (QED) is 0.0537. The molecule has 5 heteroatoms. The van der Waals surface area contributed by atoms with Crippen molar-refractivity contribution in [2.24, 2.45) is 0 Å². The third-order valence-electron chi connectivity index (χ3n) is 9.17. The molecule has 0 spiro atoms. The van der Waals surface area contributed by atoms with Gasteiger partial charge >= 0.3 is 0 Å². The highest BCUT2D eigenvalue weighted by Crippen LogP contribution is 2.16. The highest BCUT2D eigenvalue weighted by molar-refractivity contribution is 5.76. The van der Waals surface area contributed by atoms with Crippen molar-refractivity contribution in [3.05, 3.63) is 0 Å². The van der Waals surface area contributed by atoms with Gasteiger partial charge in [0.25, 0.3) is 0 Å². The minimum atomic E-state index is -0.741. The maximum Gasteiger partial charge on any atom is 0.222 e. The molecule has 0 aromatic heterocycles. The van der Waals surface area contributed by atoms with Gasteiger partial charge < -0.3 is 20.6 Å².